The molecule has 0 saturated carbocycles. The summed E-state index contributed by atoms with van der Waals surface area (Å²) in [5.74, 6) is 0. The van der Waals surface area contributed by atoms with Gasteiger partial charge in [-0.2, -0.15) is 0 Å². The van der Waals surface area contributed by atoms with Crippen molar-refractivity contribution in [2.24, 2.45) is 0 Å². The highest BCUT2D eigenvalue weighted by Crippen LogP contribution is 2.13. The molecule has 0 fully saturated rings. The van der Waals surface area contributed by atoms with E-state index in [1.165, 1.54) is 38.5 Å². The lowest BCUT2D eigenvalue weighted by Crippen LogP contribution is -2.55. The highest BCUT2D eigenvalue weighted by atomic mass is 16.6. The quantitative estimate of drug-likeness (QED) is 0.220. The molecule has 5 nitrogen and oxygen atoms in total. The van der Waals surface area contributed by atoms with Crippen molar-refractivity contribution in [3.05, 3.63) is 10.1 Å². The Morgan fingerprint density at radius 1 is 0.840 bits per heavy atom. The first-order chi connectivity index (χ1) is 11.9. The van der Waals surface area contributed by atoms with Gasteiger partial charge in [0.05, 0.1) is 13.1 Å². The summed E-state index contributed by atoms with van der Waals surface area (Å²) in [6.07, 6.45) is 11.6. The third-order valence-corrected chi connectivity index (χ3v) is 5.28. The van der Waals surface area contributed by atoms with E-state index >= 15 is 0 Å². The molecule has 0 saturated heterocycles. The number of unbranched alkanes of at least 4 members (excludes halogenated alkanes) is 4. The number of hydrogen-bond donors (Lipinski definition) is 2. The molecule has 2 atom stereocenters. The van der Waals surface area contributed by atoms with Crippen LogP contribution in [0.4, 0.5) is 0 Å². The third kappa shape index (κ3) is 10.8. The Hall–Kier alpha value is -0.680. The molecule has 0 rings (SSSR count). The summed E-state index contributed by atoms with van der Waals surface area (Å²) in [6.45, 7) is 11.4. The molecule has 0 radical (unpaired) electrons. The number of nitro groups is 1. The molecule has 0 aliphatic heterocycles. The van der Waals surface area contributed by atoms with Gasteiger partial charge in [0, 0.05) is 23.9 Å². The molecule has 0 bridgehead atoms. The van der Waals surface area contributed by atoms with Gasteiger partial charge in [0.15, 0.2) is 0 Å². The zero-order valence-corrected chi connectivity index (χ0v) is 17.4. The lowest BCUT2D eigenvalue weighted by atomic mass is 9.99. The van der Waals surface area contributed by atoms with Crippen molar-refractivity contribution in [2.45, 2.75) is 116 Å². The Morgan fingerprint density at radius 2 is 1.24 bits per heavy atom. The minimum Gasteiger partial charge on any atom is -0.307 e. The SMILES string of the molecule is CCCCCC(CC)NCC(C)(CNC(CC)CCCCC)[N+](=O)[O-]. The highest BCUT2D eigenvalue weighted by Gasteiger charge is 2.37. The molecule has 25 heavy (non-hydrogen) atoms. The third-order valence-electron chi connectivity index (χ3n) is 5.28. The fourth-order valence-electron chi connectivity index (χ4n) is 3.10. The number of nitrogens with zero attached hydrogens (tertiary/aromatic N) is 1. The molecule has 0 heterocycles. The van der Waals surface area contributed by atoms with E-state index in [2.05, 4.69) is 38.3 Å². The maximum Gasteiger partial charge on any atom is 0.243 e. The van der Waals surface area contributed by atoms with Crippen molar-refractivity contribution >= 4 is 0 Å². The molecule has 5 heteroatoms. The van der Waals surface area contributed by atoms with Gasteiger partial charge in [0.1, 0.15) is 0 Å². The average molecular weight is 358 g/mol. The van der Waals surface area contributed by atoms with Crippen LogP contribution in [0.3, 0.4) is 0 Å². The van der Waals surface area contributed by atoms with Crippen LogP contribution in [0.2, 0.25) is 0 Å². The van der Waals surface area contributed by atoms with Crippen molar-refractivity contribution < 1.29 is 4.92 Å². The van der Waals surface area contributed by atoms with E-state index < -0.39 is 5.54 Å². The lowest BCUT2D eigenvalue weighted by Gasteiger charge is -2.27. The summed E-state index contributed by atoms with van der Waals surface area (Å²) in [6, 6.07) is 0.773. The van der Waals surface area contributed by atoms with Gasteiger partial charge in [0.2, 0.25) is 5.54 Å². The first kappa shape index (κ1) is 24.3. The standard InChI is InChI=1S/C20H43N3O2/c1-6-10-12-14-18(8-3)21-16-20(5,23(24)25)17-22-19(9-4)15-13-11-7-2/h18-19,21-22H,6-17H2,1-5H3. The zero-order valence-electron chi connectivity index (χ0n) is 17.4. The van der Waals surface area contributed by atoms with E-state index in [-0.39, 0.29) is 4.92 Å². The van der Waals surface area contributed by atoms with Crippen molar-refractivity contribution in [3.8, 4) is 0 Å². The average Bonchev–Trinajstić information content (AvgIpc) is 2.60. The predicted octanol–water partition coefficient (Wildman–Crippen LogP) is 4.92. The second kappa shape index (κ2) is 14.5. The predicted molar refractivity (Wildman–Crippen MR) is 108 cm³/mol. The summed E-state index contributed by atoms with van der Waals surface area (Å²) in [4.78, 5) is 11.6. The van der Waals surface area contributed by atoms with Crippen molar-refractivity contribution in [1.82, 2.24) is 10.6 Å². The van der Waals surface area contributed by atoms with Crippen LogP contribution in [-0.4, -0.2) is 35.6 Å². The van der Waals surface area contributed by atoms with Gasteiger partial charge in [-0.1, -0.05) is 66.2 Å². The maximum atomic E-state index is 11.7. The Morgan fingerprint density at radius 3 is 1.52 bits per heavy atom. The normalized spacial score (nSPS) is 16.4. The molecule has 0 aliphatic carbocycles. The minimum atomic E-state index is -0.948. The second-order valence-corrected chi connectivity index (χ2v) is 7.72. The van der Waals surface area contributed by atoms with E-state index in [9.17, 15) is 10.1 Å². The van der Waals surface area contributed by atoms with Crippen LogP contribution < -0.4 is 10.6 Å². The summed E-state index contributed by atoms with van der Waals surface area (Å²) < 4.78 is 0. The Labute approximate surface area is 155 Å². The lowest BCUT2D eigenvalue weighted by molar-refractivity contribution is -0.561. The van der Waals surface area contributed by atoms with Crippen LogP contribution in [0.5, 0.6) is 0 Å². The van der Waals surface area contributed by atoms with E-state index in [0.29, 0.717) is 25.2 Å². The first-order valence-corrected chi connectivity index (χ1v) is 10.5. The van der Waals surface area contributed by atoms with Crippen LogP contribution in [0, 0.1) is 10.1 Å². The fourth-order valence-corrected chi connectivity index (χ4v) is 3.10. The summed E-state index contributed by atoms with van der Waals surface area (Å²) in [5, 5.41) is 18.6. The van der Waals surface area contributed by atoms with Gasteiger partial charge in [-0.25, -0.2) is 0 Å². The van der Waals surface area contributed by atoms with E-state index in [1.54, 1.807) is 6.92 Å². The van der Waals surface area contributed by atoms with Gasteiger partial charge in [0.25, 0.3) is 0 Å². The van der Waals surface area contributed by atoms with E-state index in [0.717, 1.165) is 25.7 Å². The Balaban J connectivity index is 4.48. The zero-order chi connectivity index (χ0) is 19.1. The number of rotatable bonds is 17. The van der Waals surface area contributed by atoms with Gasteiger partial charge < -0.3 is 10.6 Å². The van der Waals surface area contributed by atoms with Gasteiger partial charge >= 0.3 is 0 Å². The molecular weight excluding hydrogens is 314 g/mol. The molecule has 150 valence electrons. The Bertz CT molecular complexity index is 315. The van der Waals surface area contributed by atoms with Crippen molar-refractivity contribution in [1.29, 1.82) is 0 Å². The Kier molecular flexibility index (Phi) is 14.1. The molecule has 0 spiro atoms. The van der Waals surface area contributed by atoms with Crippen LogP contribution in [0.15, 0.2) is 0 Å². The molecule has 0 aromatic heterocycles. The maximum absolute atomic E-state index is 11.7. The number of hydrogen-bond acceptors (Lipinski definition) is 4. The van der Waals surface area contributed by atoms with Crippen LogP contribution >= 0.6 is 0 Å². The summed E-state index contributed by atoms with van der Waals surface area (Å²) in [7, 11) is 0. The smallest absolute Gasteiger partial charge is 0.243 e. The number of nitrogens with one attached hydrogen (secondary N) is 2. The summed E-state index contributed by atoms with van der Waals surface area (Å²) >= 11 is 0. The monoisotopic (exact) mass is 357 g/mol. The van der Waals surface area contributed by atoms with Gasteiger partial charge in [-0.3, -0.25) is 10.1 Å². The molecular formula is C20H43N3O2. The summed E-state index contributed by atoms with van der Waals surface area (Å²) in [5.41, 5.74) is -0.948. The molecule has 0 aromatic rings. The molecule has 2 N–H and O–H groups in total. The van der Waals surface area contributed by atoms with Crippen LogP contribution in [0.1, 0.15) is 98.8 Å². The topological polar surface area (TPSA) is 67.2 Å². The first-order valence-electron chi connectivity index (χ1n) is 10.5. The van der Waals surface area contributed by atoms with Gasteiger partial charge in [-0.15, -0.1) is 0 Å². The molecule has 0 aromatic carbocycles. The van der Waals surface area contributed by atoms with E-state index in [1.807, 2.05) is 0 Å². The van der Waals surface area contributed by atoms with Crippen LogP contribution in [0.25, 0.3) is 0 Å². The second-order valence-electron chi connectivity index (χ2n) is 7.72. The molecule has 2 unspecified atom stereocenters. The van der Waals surface area contributed by atoms with Crippen LogP contribution in [-0.2, 0) is 0 Å². The molecule has 0 amide bonds. The fraction of sp³-hybridized carbons (Fsp3) is 1.00. The minimum absolute atomic E-state index is 0.107. The van der Waals surface area contributed by atoms with E-state index in [4.69, 9.17) is 0 Å². The highest BCUT2D eigenvalue weighted by molar-refractivity contribution is 4.83. The van der Waals surface area contributed by atoms with Gasteiger partial charge in [-0.05, 0) is 25.7 Å². The van der Waals surface area contributed by atoms with Crippen molar-refractivity contribution in [2.75, 3.05) is 13.1 Å². The van der Waals surface area contributed by atoms with Crippen molar-refractivity contribution in [3.63, 3.8) is 0 Å². The largest absolute Gasteiger partial charge is 0.307 e. The molecule has 0 aliphatic rings.